The van der Waals surface area contributed by atoms with E-state index in [9.17, 15) is 9.50 Å². The maximum Gasteiger partial charge on any atom is 0.142 e. The second-order valence-electron chi connectivity index (χ2n) is 3.64. The van der Waals surface area contributed by atoms with Gasteiger partial charge in [0.25, 0.3) is 0 Å². The van der Waals surface area contributed by atoms with Crippen LogP contribution in [0.2, 0.25) is 5.02 Å². The zero-order valence-corrected chi connectivity index (χ0v) is 9.00. The molecule has 15 heavy (non-hydrogen) atoms. The minimum Gasteiger partial charge on any atom is -0.392 e. The molecule has 0 amide bonds. The molecular formula is C11H11ClFNO. The molecule has 0 aliphatic heterocycles. The highest BCUT2D eigenvalue weighted by molar-refractivity contribution is 6.31. The number of hydrogen-bond donors (Lipinski definition) is 1. The smallest absolute Gasteiger partial charge is 0.142 e. The first kappa shape index (κ1) is 10.5. The maximum atomic E-state index is 13.1. The number of benzene rings is 1. The van der Waals surface area contributed by atoms with Gasteiger partial charge in [0.1, 0.15) is 5.82 Å². The Morgan fingerprint density at radius 3 is 2.93 bits per heavy atom. The lowest BCUT2D eigenvalue weighted by Gasteiger charge is -2.07. The van der Waals surface area contributed by atoms with Gasteiger partial charge in [-0.15, -0.1) is 0 Å². The summed E-state index contributed by atoms with van der Waals surface area (Å²) >= 11 is 5.70. The highest BCUT2D eigenvalue weighted by Crippen LogP contribution is 2.23. The van der Waals surface area contributed by atoms with E-state index in [0.717, 1.165) is 10.9 Å². The predicted molar refractivity (Wildman–Crippen MR) is 58.6 cm³/mol. The number of aromatic nitrogens is 1. The van der Waals surface area contributed by atoms with E-state index in [1.807, 2.05) is 10.8 Å². The molecule has 2 aromatic rings. The van der Waals surface area contributed by atoms with E-state index in [4.69, 9.17) is 11.6 Å². The van der Waals surface area contributed by atoms with Crippen LogP contribution < -0.4 is 0 Å². The molecular weight excluding hydrogens is 217 g/mol. The molecule has 0 fully saturated rings. The zero-order chi connectivity index (χ0) is 11.0. The fourth-order valence-electron chi connectivity index (χ4n) is 1.63. The number of aliphatic hydroxyl groups is 1. The van der Waals surface area contributed by atoms with Crippen molar-refractivity contribution in [2.75, 3.05) is 0 Å². The van der Waals surface area contributed by atoms with E-state index in [1.165, 1.54) is 6.07 Å². The molecule has 1 heterocycles. The van der Waals surface area contributed by atoms with Crippen LogP contribution in [0.4, 0.5) is 4.39 Å². The van der Waals surface area contributed by atoms with Crippen LogP contribution in [0.3, 0.4) is 0 Å². The fourth-order valence-corrected chi connectivity index (χ4v) is 1.79. The van der Waals surface area contributed by atoms with E-state index in [1.54, 1.807) is 19.1 Å². The molecule has 0 saturated heterocycles. The summed E-state index contributed by atoms with van der Waals surface area (Å²) < 4.78 is 15.0. The third-order valence-corrected chi connectivity index (χ3v) is 2.56. The van der Waals surface area contributed by atoms with Crippen LogP contribution in [0.5, 0.6) is 0 Å². The van der Waals surface area contributed by atoms with E-state index in [0.29, 0.717) is 6.54 Å². The molecule has 0 saturated carbocycles. The summed E-state index contributed by atoms with van der Waals surface area (Å²) in [4.78, 5) is 0. The molecule has 0 spiro atoms. The Balaban J connectivity index is 2.54. The minimum atomic E-state index is -0.440. The highest BCUT2D eigenvalue weighted by Gasteiger charge is 2.07. The van der Waals surface area contributed by atoms with Crippen molar-refractivity contribution in [1.82, 2.24) is 4.57 Å². The van der Waals surface area contributed by atoms with Crippen molar-refractivity contribution in [3.05, 3.63) is 35.2 Å². The average molecular weight is 228 g/mol. The third-order valence-electron chi connectivity index (χ3n) is 2.27. The summed E-state index contributed by atoms with van der Waals surface area (Å²) in [6, 6.07) is 4.78. The lowest BCUT2D eigenvalue weighted by atomic mass is 10.2. The van der Waals surface area contributed by atoms with Gasteiger partial charge in [-0.1, -0.05) is 11.6 Å². The first-order valence-electron chi connectivity index (χ1n) is 4.70. The average Bonchev–Trinajstić information content (AvgIpc) is 2.49. The van der Waals surface area contributed by atoms with Crippen LogP contribution in [0, 0.1) is 5.82 Å². The summed E-state index contributed by atoms with van der Waals surface area (Å²) in [7, 11) is 0. The fraction of sp³-hybridized carbons (Fsp3) is 0.273. The Labute approximate surface area is 91.9 Å². The standard InChI is InChI=1S/C11H11ClFNO/c1-7(15)6-14-3-2-8-4-10(13)9(12)5-11(8)14/h2-5,7,15H,6H2,1H3. The van der Waals surface area contributed by atoms with Crippen LogP contribution >= 0.6 is 11.6 Å². The molecule has 1 aromatic heterocycles. The van der Waals surface area contributed by atoms with Crippen LogP contribution in [0.15, 0.2) is 24.4 Å². The van der Waals surface area contributed by atoms with Crippen molar-refractivity contribution in [1.29, 1.82) is 0 Å². The number of fused-ring (bicyclic) bond motifs is 1. The van der Waals surface area contributed by atoms with Crippen molar-refractivity contribution in [3.8, 4) is 0 Å². The highest BCUT2D eigenvalue weighted by atomic mass is 35.5. The monoisotopic (exact) mass is 227 g/mol. The maximum absolute atomic E-state index is 13.1. The molecule has 1 atom stereocenters. The Morgan fingerprint density at radius 1 is 1.53 bits per heavy atom. The topological polar surface area (TPSA) is 25.2 Å². The zero-order valence-electron chi connectivity index (χ0n) is 8.24. The van der Waals surface area contributed by atoms with Gasteiger partial charge in [0.05, 0.1) is 11.1 Å². The molecule has 80 valence electrons. The van der Waals surface area contributed by atoms with Crippen LogP contribution in [0.1, 0.15) is 6.92 Å². The number of nitrogens with zero attached hydrogens (tertiary/aromatic N) is 1. The summed E-state index contributed by atoms with van der Waals surface area (Å²) in [6.45, 7) is 2.18. The minimum absolute atomic E-state index is 0.105. The molecule has 4 heteroatoms. The van der Waals surface area contributed by atoms with Crippen LogP contribution in [-0.2, 0) is 6.54 Å². The van der Waals surface area contributed by atoms with Crippen LogP contribution in [-0.4, -0.2) is 15.8 Å². The van der Waals surface area contributed by atoms with Gasteiger partial charge in [-0.3, -0.25) is 0 Å². The van der Waals surface area contributed by atoms with E-state index in [-0.39, 0.29) is 5.02 Å². The third kappa shape index (κ3) is 1.98. The number of hydrogen-bond acceptors (Lipinski definition) is 1. The largest absolute Gasteiger partial charge is 0.392 e. The Kier molecular flexibility index (Phi) is 2.67. The number of halogens is 2. The molecule has 1 N–H and O–H groups in total. The van der Waals surface area contributed by atoms with Gasteiger partial charge in [-0.2, -0.15) is 0 Å². The Morgan fingerprint density at radius 2 is 2.27 bits per heavy atom. The second-order valence-corrected chi connectivity index (χ2v) is 4.05. The predicted octanol–water partition coefficient (Wildman–Crippen LogP) is 2.81. The van der Waals surface area contributed by atoms with Gasteiger partial charge in [0.2, 0.25) is 0 Å². The summed E-state index contributed by atoms with van der Waals surface area (Å²) in [5.74, 6) is -0.418. The van der Waals surface area contributed by atoms with Crippen molar-refractivity contribution in [2.45, 2.75) is 19.6 Å². The molecule has 0 bridgehead atoms. The van der Waals surface area contributed by atoms with Crippen molar-refractivity contribution < 1.29 is 9.50 Å². The molecule has 0 aliphatic rings. The molecule has 2 rings (SSSR count). The van der Waals surface area contributed by atoms with E-state index >= 15 is 0 Å². The quantitative estimate of drug-likeness (QED) is 0.839. The molecule has 1 aromatic carbocycles. The molecule has 0 aliphatic carbocycles. The Hall–Kier alpha value is -1.06. The molecule has 1 unspecified atom stereocenters. The Bertz CT molecular complexity index is 493. The van der Waals surface area contributed by atoms with Crippen molar-refractivity contribution >= 4 is 22.5 Å². The lowest BCUT2D eigenvalue weighted by molar-refractivity contribution is 0.175. The van der Waals surface area contributed by atoms with Gasteiger partial charge >= 0.3 is 0 Å². The van der Waals surface area contributed by atoms with E-state index < -0.39 is 11.9 Å². The van der Waals surface area contributed by atoms with Crippen molar-refractivity contribution in [2.24, 2.45) is 0 Å². The second kappa shape index (κ2) is 3.83. The van der Waals surface area contributed by atoms with Gasteiger partial charge < -0.3 is 9.67 Å². The number of aliphatic hydroxyl groups excluding tert-OH is 1. The van der Waals surface area contributed by atoms with Gasteiger partial charge in [0, 0.05) is 23.6 Å². The van der Waals surface area contributed by atoms with Crippen molar-refractivity contribution in [3.63, 3.8) is 0 Å². The van der Waals surface area contributed by atoms with Crippen LogP contribution in [0.25, 0.3) is 10.9 Å². The molecule has 2 nitrogen and oxygen atoms in total. The SMILES string of the molecule is CC(O)Cn1ccc2cc(F)c(Cl)cc21. The summed E-state index contributed by atoms with van der Waals surface area (Å²) in [5.41, 5.74) is 0.835. The van der Waals surface area contributed by atoms with Gasteiger partial charge in [0.15, 0.2) is 0 Å². The normalized spacial score (nSPS) is 13.3. The van der Waals surface area contributed by atoms with Gasteiger partial charge in [-0.25, -0.2) is 4.39 Å². The lowest BCUT2D eigenvalue weighted by Crippen LogP contribution is -2.10. The first-order chi connectivity index (χ1) is 7.08. The summed E-state index contributed by atoms with van der Waals surface area (Å²) in [5, 5.41) is 10.2. The van der Waals surface area contributed by atoms with E-state index in [2.05, 4.69) is 0 Å². The summed E-state index contributed by atoms with van der Waals surface area (Å²) in [6.07, 6.45) is 1.37. The van der Waals surface area contributed by atoms with Gasteiger partial charge in [-0.05, 0) is 25.1 Å². The molecule has 0 radical (unpaired) electrons. The number of rotatable bonds is 2. The first-order valence-corrected chi connectivity index (χ1v) is 5.07.